The van der Waals surface area contributed by atoms with Crippen LogP contribution in [-0.2, 0) is 0 Å². The first kappa shape index (κ1) is 17.4. The lowest BCUT2D eigenvalue weighted by Crippen LogP contribution is -2.25. The fourth-order valence-corrected chi connectivity index (χ4v) is 1.95. The molecule has 1 atom stereocenters. The van der Waals surface area contributed by atoms with Crippen LogP contribution >= 0.6 is 0 Å². The van der Waals surface area contributed by atoms with Gasteiger partial charge in [0, 0.05) is 33.3 Å². The predicted molar refractivity (Wildman–Crippen MR) is 86.9 cm³/mol. The first-order valence-corrected chi connectivity index (χ1v) is 7.68. The summed E-state index contributed by atoms with van der Waals surface area (Å²) in [5.74, 6) is 2.18. The van der Waals surface area contributed by atoms with Crippen LogP contribution in [0.2, 0.25) is 0 Å². The molecule has 0 aliphatic carbocycles. The molecule has 0 aromatic carbocycles. The summed E-state index contributed by atoms with van der Waals surface area (Å²) in [5, 5.41) is 15.2. The van der Waals surface area contributed by atoms with Gasteiger partial charge in [0.15, 0.2) is 0 Å². The van der Waals surface area contributed by atoms with Gasteiger partial charge in [0.1, 0.15) is 0 Å². The van der Waals surface area contributed by atoms with E-state index in [-0.39, 0.29) is 6.61 Å². The molecule has 21 heavy (non-hydrogen) atoms. The Bertz CT molecular complexity index is 410. The summed E-state index contributed by atoms with van der Waals surface area (Å²) in [5.41, 5.74) is 0. The van der Waals surface area contributed by atoms with E-state index in [1.807, 2.05) is 6.92 Å². The maximum absolute atomic E-state index is 9.00. The van der Waals surface area contributed by atoms with Gasteiger partial charge >= 0.3 is 0 Å². The normalized spacial score (nSPS) is 12.0. The third-order valence-corrected chi connectivity index (χ3v) is 3.36. The van der Waals surface area contributed by atoms with Crippen molar-refractivity contribution in [3.8, 4) is 0 Å². The smallest absolute Gasteiger partial charge is 0.231 e. The molecule has 120 valence electrons. The number of nitrogens with zero attached hydrogens (tertiary/aromatic N) is 4. The summed E-state index contributed by atoms with van der Waals surface area (Å²) in [4.78, 5) is 15.3. The van der Waals surface area contributed by atoms with E-state index in [4.69, 9.17) is 5.11 Å². The molecule has 1 aromatic heterocycles. The Morgan fingerprint density at radius 1 is 1.14 bits per heavy atom. The third-order valence-electron chi connectivity index (χ3n) is 3.36. The minimum Gasteiger partial charge on any atom is -0.396 e. The van der Waals surface area contributed by atoms with Gasteiger partial charge in [0.05, 0.1) is 0 Å². The molecule has 0 amide bonds. The van der Waals surface area contributed by atoms with E-state index in [0.717, 1.165) is 32.5 Å². The molecule has 0 radical (unpaired) electrons. The highest BCUT2D eigenvalue weighted by Crippen LogP contribution is 2.13. The number of aliphatic hydroxyl groups excluding tert-OH is 1. The van der Waals surface area contributed by atoms with Crippen LogP contribution < -0.4 is 15.5 Å². The third kappa shape index (κ3) is 5.71. The van der Waals surface area contributed by atoms with E-state index in [9.17, 15) is 0 Å². The zero-order valence-electron chi connectivity index (χ0n) is 13.6. The Morgan fingerprint density at radius 2 is 1.81 bits per heavy atom. The maximum atomic E-state index is 9.00. The average Bonchev–Trinajstić information content (AvgIpc) is 2.52. The molecule has 0 aliphatic rings. The van der Waals surface area contributed by atoms with Crippen molar-refractivity contribution in [1.82, 2.24) is 15.0 Å². The summed E-state index contributed by atoms with van der Waals surface area (Å²) in [6.45, 7) is 8.94. The molecule has 0 fully saturated rings. The van der Waals surface area contributed by atoms with Crippen molar-refractivity contribution in [1.29, 1.82) is 0 Å². The molecule has 1 unspecified atom stereocenters. The number of hydrogen-bond acceptors (Lipinski definition) is 7. The fraction of sp³-hybridized carbons (Fsp3) is 0.786. The van der Waals surface area contributed by atoms with Crippen molar-refractivity contribution in [2.75, 3.05) is 48.8 Å². The molecule has 1 heterocycles. The summed E-state index contributed by atoms with van der Waals surface area (Å²) < 4.78 is 0. The number of aromatic nitrogens is 3. The summed E-state index contributed by atoms with van der Waals surface area (Å²) in [6, 6.07) is 0. The first-order chi connectivity index (χ1) is 10.1. The Labute approximate surface area is 127 Å². The predicted octanol–water partition coefficient (Wildman–Crippen LogP) is 1.58. The van der Waals surface area contributed by atoms with Crippen molar-refractivity contribution in [3.05, 3.63) is 0 Å². The van der Waals surface area contributed by atoms with Gasteiger partial charge in [0.25, 0.3) is 0 Å². The fourth-order valence-electron chi connectivity index (χ4n) is 1.95. The van der Waals surface area contributed by atoms with Gasteiger partial charge in [-0.15, -0.1) is 0 Å². The molecular formula is C14H28N6O. The van der Waals surface area contributed by atoms with Gasteiger partial charge in [-0.2, -0.15) is 15.0 Å². The molecule has 3 N–H and O–H groups in total. The SMILES string of the molecule is CCN(CC)c1nc(NC)nc(NCCCC(C)CO)n1. The Morgan fingerprint density at radius 3 is 2.38 bits per heavy atom. The lowest BCUT2D eigenvalue weighted by molar-refractivity contribution is 0.229. The zero-order valence-corrected chi connectivity index (χ0v) is 13.6. The van der Waals surface area contributed by atoms with Crippen LogP contribution in [0.5, 0.6) is 0 Å². The van der Waals surface area contributed by atoms with Gasteiger partial charge in [0.2, 0.25) is 17.8 Å². The van der Waals surface area contributed by atoms with Gasteiger partial charge in [-0.25, -0.2) is 0 Å². The lowest BCUT2D eigenvalue weighted by atomic mass is 10.1. The summed E-state index contributed by atoms with van der Waals surface area (Å²) >= 11 is 0. The molecule has 0 bridgehead atoms. The molecule has 0 saturated heterocycles. The van der Waals surface area contributed by atoms with Crippen LogP contribution in [0.1, 0.15) is 33.6 Å². The molecule has 1 aromatic rings. The van der Waals surface area contributed by atoms with E-state index >= 15 is 0 Å². The van der Waals surface area contributed by atoms with Crippen molar-refractivity contribution < 1.29 is 5.11 Å². The Kier molecular flexibility index (Phi) is 7.74. The second-order valence-electron chi connectivity index (χ2n) is 5.06. The highest BCUT2D eigenvalue weighted by molar-refractivity contribution is 5.43. The van der Waals surface area contributed by atoms with Gasteiger partial charge in [-0.05, 0) is 32.6 Å². The number of aliphatic hydroxyl groups is 1. The van der Waals surface area contributed by atoms with Crippen LogP contribution in [0, 0.1) is 5.92 Å². The van der Waals surface area contributed by atoms with Gasteiger partial charge < -0.3 is 20.6 Å². The van der Waals surface area contributed by atoms with Gasteiger partial charge in [-0.1, -0.05) is 6.92 Å². The van der Waals surface area contributed by atoms with Crippen molar-refractivity contribution in [2.45, 2.75) is 33.6 Å². The molecule has 7 nitrogen and oxygen atoms in total. The second-order valence-corrected chi connectivity index (χ2v) is 5.06. The van der Waals surface area contributed by atoms with E-state index in [1.165, 1.54) is 0 Å². The van der Waals surface area contributed by atoms with E-state index in [1.54, 1.807) is 7.05 Å². The highest BCUT2D eigenvalue weighted by atomic mass is 16.3. The largest absolute Gasteiger partial charge is 0.396 e. The highest BCUT2D eigenvalue weighted by Gasteiger charge is 2.10. The molecule has 0 spiro atoms. The zero-order chi connectivity index (χ0) is 15.7. The van der Waals surface area contributed by atoms with E-state index in [0.29, 0.717) is 23.8 Å². The van der Waals surface area contributed by atoms with Crippen LogP contribution in [0.3, 0.4) is 0 Å². The lowest BCUT2D eigenvalue weighted by Gasteiger charge is -2.19. The number of hydrogen-bond donors (Lipinski definition) is 3. The molecular weight excluding hydrogens is 268 g/mol. The number of rotatable bonds is 10. The van der Waals surface area contributed by atoms with Crippen molar-refractivity contribution >= 4 is 17.8 Å². The minimum absolute atomic E-state index is 0.238. The van der Waals surface area contributed by atoms with Crippen LogP contribution in [0.25, 0.3) is 0 Å². The average molecular weight is 296 g/mol. The summed E-state index contributed by atoms with van der Waals surface area (Å²) in [7, 11) is 1.80. The molecule has 7 heteroatoms. The maximum Gasteiger partial charge on any atom is 0.231 e. The quantitative estimate of drug-likeness (QED) is 0.565. The monoisotopic (exact) mass is 296 g/mol. The van der Waals surface area contributed by atoms with Crippen molar-refractivity contribution in [3.63, 3.8) is 0 Å². The molecule has 0 aliphatic heterocycles. The van der Waals surface area contributed by atoms with E-state index in [2.05, 4.69) is 44.3 Å². The molecule has 0 saturated carbocycles. The van der Waals surface area contributed by atoms with Crippen LogP contribution in [0.4, 0.5) is 17.8 Å². The van der Waals surface area contributed by atoms with Crippen molar-refractivity contribution in [2.24, 2.45) is 5.92 Å². The Balaban J connectivity index is 2.66. The van der Waals surface area contributed by atoms with Gasteiger partial charge in [-0.3, -0.25) is 0 Å². The topological polar surface area (TPSA) is 86.2 Å². The van der Waals surface area contributed by atoms with E-state index < -0.39 is 0 Å². The van der Waals surface area contributed by atoms with Crippen LogP contribution in [-0.4, -0.2) is 53.3 Å². The standard InChI is InChI=1S/C14H28N6O/c1-5-20(6-2)14-18-12(15-4)17-13(19-14)16-9-7-8-11(3)10-21/h11,21H,5-10H2,1-4H3,(H2,15,16,17,18,19). The van der Waals surface area contributed by atoms with Crippen LogP contribution in [0.15, 0.2) is 0 Å². The Hall–Kier alpha value is -1.63. The molecule has 1 rings (SSSR count). The first-order valence-electron chi connectivity index (χ1n) is 7.68. The minimum atomic E-state index is 0.238. The summed E-state index contributed by atoms with van der Waals surface area (Å²) in [6.07, 6.45) is 1.96. The number of anilines is 3. The number of nitrogens with one attached hydrogen (secondary N) is 2. The second kappa shape index (κ2) is 9.33.